The molecule has 5 atom stereocenters. The summed E-state index contributed by atoms with van der Waals surface area (Å²) >= 11 is 0. The molecule has 0 aliphatic carbocycles. The van der Waals surface area contributed by atoms with E-state index in [9.17, 15) is 30.4 Å². The smallest absolute Gasteiger partial charge is 0.231 e. The van der Waals surface area contributed by atoms with Crippen molar-refractivity contribution in [2.45, 2.75) is 37.3 Å². The largest absolute Gasteiger partial charge is 0.508 e. The Kier molecular flexibility index (Phi) is 8.75. The van der Waals surface area contributed by atoms with Crippen molar-refractivity contribution < 1.29 is 39.8 Å². The predicted molar refractivity (Wildman–Crippen MR) is 121 cm³/mol. The molecule has 0 saturated carbocycles. The molecule has 1 aliphatic rings. The summed E-state index contributed by atoms with van der Waals surface area (Å²) in [6.45, 7) is 1.04. The van der Waals surface area contributed by atoms with E-state index in [4.69, 9.17) is 24.8 Å². The molecule has 3 rings (SSSR count). The van der Waals surface area contributed by atoms with Gasteiger partial charge in [-0.3, -0.25) is 0 Å². The Morgan fingerprint density at radius 1 is 1.11 bits per heavy atom. The molecule has 1 fully saturated rings. The minimum Gasteiger partial charge on any atom is -0.508 e. The molecule has 0 amide bonds. The standard InChI is InChI=1S/C22H20N4O9.H3N/c1-22(31)19(25-32)17(30)20(34-21(22)35-26(10-23)11-24)33-18-13(8-15(28)9-16(18)29)5-2-12-3-6-14(27)7-4-12;/h2-9,17,19-21,27-31H,1H3;1H3/b5-2+;. The van der Waals surface area contributed by atoms with Gasteiger partial charge in [-0.2, -0.15) is 15.4 Å². The van der Waals surface area contributed by atoms with Gasteiger partial charge in [0.25, 0.3) is 0 Å². The van der Waals surface area contributed by atoms with Crippen LogP contribution in [0.2, 0.25) is 0 Å². The lowest BCUT2D eigenvalue weighted by Gasteiger charge is -2.44. The van der Waals surface area contributed by atoms with Gasteiger partial charge in [0.1, 0.15) is 23.2 Å². The Morgan fingerprint density at radius 3 is 2.33 bits per heavy atom. The molecular weight excluding hydrogens is 478 g/mol. The highest BCUT2D eigenvalue weighted by molar-refractivity contribution is 5.75. The van der Waals surface area contributed by atoms with Gasteiger partial charge < -0.3 is 41.2 Å². The molecule has 0 radical (unpaired) electrons. The second kappa shape index (κ2) is 11.3. The van der Waals surface area contributed by atoms with Gasteiger partial charge in [0.2, 0.25) is 25.0 Å². The SMILES string of the molecule is CC1(O)C(ON(C#N)C#N)OC(Oc2c(O)cc(O)cc2/C=C/c2ccc(O)cc2)C(O)C1N=O.N. The Morgan fingerprint density at radius 2 is 1.75 bits per heavy atom. The lowest BCUT2D eigenvalue weighted by Crippen LogP contribution is -2.66. The van der Waals surface area contributed by atoms with E-state index in [1.54, 1.807) is 18.2 Å². The number of hydroxylamine groups is 2. The van der Waals surface area contributed by atoms with Gasteiger partial charge in [-0.15, -0.1) is 0 Å². The highest BCUT2D eigenvalue weighted by atomic mass is 16.8. The van der Waals surface area contributed by atoms with E-state index >= 15 is 0 Å². The molecule has 14 nitrogen and oxygen atoms in total. The lowest BCUT2D eigenvalue weighted by atomic mass is 9.89. The summed E-state index contributed by atoms with van der Waals surface area (Å²) < 4.78 is 11.0. The van der Waals surface area contributed by atoms with Gasteiger partial charge in [0, 0.05) is 11.6 Å². The summed E-state index contributed by atoms with van der Waals surface area (Å²) in [5.74, 6) is -1.11. The van der Waals surface area contributed by atoms with Crippen LogP contribution in [0.25, 0.3) is 12.2 Å². The molecule has 0 aromatic heterocycles. The van der Waals surface area contributed by atoms with Crippen LogP contribution in [0.3, 0.4) is 0 Å². The average Bonchev–Trinajstić information content (AvgIpc) is 2.81. The number of aromatic hydroxyl groups is 3. The van der Waals surface area contributed by atoms with Gasteiger partial charge in [-0.25, -0.2) is 4.84 Å². The van der Waals surface area contributed by atoms with E-state index < -0.39 is 36.1 Å². The number of benzene rings is 2. The van der Waals surface area contributed by atoms with Crippen molar-refractivity contribution in [3.63, 3.8) is 0 Å². The molecule has 2 aromatic rings. The monoisotopic (exact) mass is 501 g/mol. The number of phenolic OH excluding ortho intramolecular Hbond substituents is 3. The fraction of sp³-hybridized carbons (Fsp3) is 0.273. The number of phenols is 3. The fourth-order valence-electron chi connectivity index (χ4n) is 3.30. The van der Waals surface area contributed by atoms with Crippen LogP contribution in [0.4, 0.5) is 0 Å². The van der Waals surface area contributed by atoms with Crippen LogP contribution in [0, 0.1) is 27.8 Å². The van der Waals surface area contributed by atoms with Crippen LogP contribution in [-0.4, -0.2) is 60.9 Å². The minimum absolute atomic E-state index is 0. The number of aliphatic hydroxyl groups excluding tert-OH is 1. The molecule has 2 aromatic carbocycles. The molecule has 190 valence electrons. The fourth-order valence-corrected chi connectivity index (χ4v) is 3.30. The van der Waals surface area contributed by atoms with Crippen molar-refractivity contribution in [2.75, 3.05) is 0 Å². The molecule has 36 heavy (non-hydrogen) atoms. The summed E-state index contributed by atoms with van der Waals surface area (Å²) in [6, 6.07) is 6.50. The molecule has 1 aliphatic heterocycles. The second-order valence-electron chi connectivity index (χ2n) is 7.63. The molecule has 1 heterocycles. The maximum atomic E-state index is 11.4. The first-order valence-corrected chi connectivity index (χ1v) is 9.95. The summed E-state index contributed by atoms with van der Waals surface area (Å²) in [5.41, 5.74) is -1.52. The third-order valence-electron chi connectivity index (χ3n) is 5.10. The van der Waals surface area contributed by atoms with E-state index in [0.717, 1.165) is 13.0 Å². The van der Waals surface area contributed by atoms with Gasteiger partial charge in [-0.1, -0.05) is 34.5 Å². The lowest BCUT2D eigenvalue weighted by molar-refractivity contribution is -0.372. The van der Waals surface area contributed by atoms with Gasteiger partial charge in [-0.05, 0) is 30.7 Å². The first-order chi connectivity index (χ1) is 16.6. The first-order valence-electron chi connectivity index (χ1n) is 9.95. The van der Waals surface area contributed by atoms with Gasteiger partial charge in [0.05, 0.1) is 0 Å². The maximum absolute atomic E-state index is 11.4. The quantitative estimate of drug-likeness (QED) is 0.104. The highest BCUT2D eigenvalue weighted by Crippen LogP contribution is 2.40. The number of nitriles is 2. The number of nitroso groups, excluding NO2 is 1. The van der Waals surface area contributed by atoms with Gasteiger partial charge >= 0.3 is 0 Å². The van der Waals surface area contributed by atoms with Crippen LogP contribution >= 0.6 is 0 Å². The Hall–Kier alpha value is -4.44. The Balaban J connectivity index is 0.00000456. The van der Waals surface area contributed by atoms with Crippen LogP contribution in [0.5, 0.6) is 23.0 Å². The summed E-state index contributed by atoms with van der Waals surface area (Å²) in [7, 11) is 0. The molecule has 0 spiro atoms. The highest BCUT2D eigenvalue weighted by Gasteiger charge is 2.56. The molecular formula is C22H23N5O9. The summed E-state index contributed by atoms with van der Waals surface area (Å²) in [6.07, 6.45) is 0.220. The van der Waals surface area contributed by atoms with Crippen molar-refractivity contribution in [1.82, 2.24) is 11.2 Å². The number of aliphatic hydroxyl groups is 2. The summed E-state index contributed by atoms with van der Waals surface area (Å²) in [5, 5.41) is 71.6. The molecule has 5 unspecified atom stereocenters. The number of rotatable bonds is 7. The van der Waals surface area contributed by atoms with Crippen LogP contribution < -0.4 is 10.9 Å². The molecule has 8 N–H and O–H groups in total. The number of hydrogen-bond acceptors (Lipinski definition) is 14. The van der Waals surface area contributed by atoms with E-state index in [1.807, 2.05) is 0 Å². The zero-order valence-electron chi connectivity index (χ0n) is 18.8. The molecule has 1 saturated heterocycles. The van der Waals surface area contributed by atoms with Crippen LogP contribution in [0.1, 0.15) is 18.1 Å². The van der Waals surface area contributed by atoms with E-state index in [0.29, 0.717) is 5.56 Å². The van der Waals surface area contributed by atoms with Crippen molar-refractivity contribution in [3.8, 4) is 35.4 Å². The van der Waals surface area contributed by atoms with Crippen LogP contribution in [0.15, 0.2) is 41.6 Å². The number of hydrogen-bond donors (Lipinski definition) is 6. The number of ether oxygens (including phenoxy) is 2. The van der Waals surface area contributed by atoms with Crippen molar-refractivity contribution >= 4 is 12.2 Å². The Labute approximate surface area is 204 Å². The Bertz CT molecular complexity index is 1180. The normalized spacial score (nSPS) is 25.2. The van der Waals surface area contributed by atoms with E-state index in [-0.39, 0.29) is 34.0 Å². The second-order valence-corrected chi connectivity index (χ2v) is 7.63. The van der Waals surface area contributed by atoms with Crippen molar-refractivity contribution in [1.29, 1.82) is 10.5 Å². The topological polar surface area (TPSA) is 244 Å². The molecule has 0 bridgehead atoms. The third-order valence-corrected chi connectivity index (χ3v) is 5.10. The first kappa shape index (κ1) is 27.8. The molecule has 14 heteroatoms. The third kappa shape index (κ3) is 5.78. The van der Waals surface area contributed by atoms with E-state index in [1.165, 1.54) is 36.7 Å². The van der Waals surface area contributed by atoms with Crippen LogP contribution in [-0.2, 0) is 9.57 Å². The zero-order valence-corrected chi connectivity index (χ0v) is 18.8. The maximum Gasteiger partial charge on any atom is 0.231 e. The van der Waals surface area contributed by atoms with Crippen molar-refractivity contribution in [2.24, 2.45) is 5.18 Å². The van der Waals surface area contributed by atoms with Gasteiger partial charge in [0.15, 0.2) is 17.5 Å². The van der Waals surface area contributed by atoms with E-state index in [2.05, 4.69) is 5.18 Å². The summed E-state index contributed by atoms with van der Waals surface area (Å²) in [4.78, 5) is 16.4. The minimum atomic E-state index is -2.29. The zero-order chi connectivity index (χ0) is 25.8. The average molecular weight is 501 g/mol. The predicted octanol–water partition coefficient (Wildman–Crippen LogP) is 1.64. The number of nitrogens with zero attached hydrogens (tertiary/aromatic N) is 4. The van der Waals surface area contributed by atoms with Crippen molar-refractivity contribution in [3.05, 3.63) is 52.4 Å².